The van der Waals surface area contributed by atoms with Gasteiger partial charge in [-0.15, -0.1) is 23.1 Å². The molecule has 0 fully saturated rings. The Balaban J connectivity index is 1.88. The summed E-state index contributed by atoms with van der Waals surface area (Å²) in [4.78, 5) is 27.3. The minimum Gasteiger partial charge on any atom is -0.342 e. The van der Waals surface area contributed by atoms with Crippen molar-refractivity contribution in [2.24, 2.45) is 0 Å². The van der Waals surface area contributed by atoms with Gasteiger partial charge in [0, 0.05) is 18.5 Å². The molecule has 22 heavy (non-hydrogen) atoms. The van der Waals surface area contributed by atoms with Crippen molar-refractivity contribution < 1.29 is 9.59 Å². The molecule has 0 saturated heterocycles. The van der Waals surface area contributed by atoms with Crippen LogP contribution in [0, 0.1) is 0 Å². The largest absolute Gasteiger partial charge is 0.342 e. The van der Waals surface area contributed by atoms with Crippen LogP contribution < -0.4 is 5.32 Å². The minimum absolute atomic E-state index is 0.00860. The van der Waals surface area contributed by atoms with E-state index in [1.807, 2.05) is 42.0 Å². The van der Waals surface area contributed by atoms with Crippen LogP contribution in [0.1, 0.15) is 15.2 Å². The zero-order chi connectivity index (χ0) is 15.9. The first kappa shape index (κ1) is 16.6. The highest BCUT2D eigenvalue weighted by molar-refractivity contribution is 7.98. The molecule has 2 rings (SSSR count). The average Bonchev–Trinajstić information content (AvgIpc) is 3.07. The lowest BCUT2D eigenvalue weighted by Crippen LogP contribution is -2.37. The third-order valence-corrected chi connectivity index (χ3v) is 4.88. The van der Waals surface area contributed by atoms with Gasteiger partial charge in [-0.2, -0.15) is 0 Å². The maximum atomic E-state index is 12.1. The van der Waals surface area contributed by atoms with Crippen LogP contribution in [-0.2, 0) is 11.3 Å². The monoisotopic (exact) mass is 334 g/mol. The van der Waals surface area contributed by atoms with Crippen LogP contribution in [0.25, 0.3) is 0 Å². The standard InChI is InChI=1S/C16H18N2O2S2/c1-18(11-12-6-3-4-7-13(12)21-2)15(19)10-17-16(20)14-8-5-9-22-14/h3-9H,10-11H2,1-2H3,(H,17,20). The molecule has 0 atom stereocenters. The van der Waals surface area contributed by atoms with Gasteiger partial charge in [0.1, 0.15) is 0 Å². The summed E-state index contributed by atoms with van der Waals surface area (Å²) in [6, 6.07) is 11.6. The Kier molecular flexibility index (Phi) is 6.03. The van der Waals surface area contributed by atoms with Gasteiger partial charge in [0.2, 0.25) is 5.91 Å². The van der Waals surface area contributed by atoms with Crippen LogP contribution in [0.3, 0.4) is 0 Å². The maximum absolute atomic E-state index is 12.1. The highest BCUT2D eigenvalue weighted by atomic mass is 32.2. The fourth-order valence-corrected chi connectivity index (χ4v) is 3.21. The van der Waals surface area contributed by atoms with E-state index in [1.165, 1.54) is 11.3 Å². The summed E-state index contributed by atoms with van der Waals surface area (Å²) >= 11 is 3.02. The number of hydrogen-bond donors (Lipinski definition) is 1. The van der Waals surface area contributed by atoms with Crippen molar-refractivity contribution in [2.45, 2.75) is 11.4 Å². The van der Waals surface area contributed by atoms with Crippen molar-refractivity contribution in [3.05, 3.63) is 52.2 Å². The van der Waals surface area contributed by atoms with Crippen LogP contribution in [0.4, 0.5) is 0 Å². The Bertz CT molecular complexity index is 641. The Morgan fingerprint density at radius 1 is 1.23 bits per heavy atom. The highest BCUT2D eigenvalue weighted by Gasteiger charge is 2.13. The lowest BCUT2D eigenvalue weighted by atomic mass is 10.2. The third kappa shape index (κ3) is 4.35. The van der Waals surface area contributed by atoms with E-state index in [0.29, 0.717) is 11.4 Å². The number of nitrogens with zero attached hydrogens (tertiary/aromatic N) is 1. The zero-order valence-corrected chi connectivity index (χ0v) is 14.2. The lowest BCUT2D eigenvalue weighted by Gasteiger charge is -2.19. The molecule has 0 radical (unpaired) electrons. The molecule has 116 valence electrons. The number of benzene rings is 1. The summed E-state index contributed by atoms with van der Waals surface area (Å²) in [6.07, 6.45) is 2.02. The van der Waals surface area contributed by atoms with Crippen molar-refractivity contribution >= 4 is 34.9 Å². The van der Waals surface area contributed by atoms with Gasteiger partial charge in [0.15, 0.2) is 0 Å². The first-order valence-electron chi connectivity index (χ1n) is 6.79. The molecule has 1 aromatic carbocycles. The Labute approximate surface area is 138 Å². The van der Waals surface area contributed by atoms with Crippen LogP contribution in [0.15, 0.2) is 46.7 Å². The van der Waals surface area contributed by atoms with Crippen molar-refractivity contribution in [3.8, 4) is 0 Å². The molecule has 0 aliphatic rings. The molecule has 0 bridgehead atoms. The Morgan fingerprint density at radius 3 is 2.68 bits per heavy atom. The van der Waals surface area contributed by atoms with E-state index in [9.17, 15) is 9.59 Å². The molecule has 2 aromatic rings. The molecular weight excluding hydrogens is 316 g/mol. The number of nitrogens with one attached hydrogen (secondary N) is 1. The first-order chi connectivity index (χ1) is 10.6. The molecule has 0 spiro atoms. The summed E-state index contributed by atoms with van der Waals surface area (Å²) in [5.41, 5.74) is 1.11. The van der Waals surface area contributed by atoms with E-state index >= 15 is 0 Å². The van der Waals surface area contributed by atoms with Crippen molar-refractivity contribution in [1.29, 1.82) is 0 Å². The molecule has 0 saturated carbocycles. The van der Waals surface area contributed by atoms with Crippen LogP contribution >= 0.6 is 23.1 Å². The van der Waals surface area contributed by atoms with E-state index in [0.717, 1.165) is 10.5 Å². The second kappa shape index (κ2) is 8.00. The van der Waals surface area contributed by atoms with E-state index in [-0.39, 0.29) is 18.4 Å². The fraction of sp³-hybridized carbons (Fsp3) is 0.250. The number of amides is 2. The summed E-state index contributed by atoms with van der Waals surface area (Å²) in [5, 5.41) is 4.49. The summed E-state index contributed by atoms with van der Waals surface area (Å²) in [7, 11) is 1.75. The molecule has 1 aromatic heterocycles. The summed E-state index contributed by atoms with van der Waals surface area (Å²) in [5.74, 6) is -0.318. The van der Waals surface area contributed by atoms with Gasteiger partial charge in [-0.3, -0.25) is 9.59 Å². The van der Waals surface area contributed by atoms with Gasteiger partial charge in [0.25, 0.3) is 5.91 Å². The summed E-state index contributed by atoms with van der Waals surface area (Å²) < 4.78 is 0. The Hall–Kier alpha value is -1.79. The second-order valence-corrected chi connectivity index (χ2v) is 6.52. The molecule has 1 heterocycles. The van der Waals surface area contributed by atoms with Gasteiger partial charge >= 0.3 is 0 Å². The summed E-state index contributed by atoms with van der Waals surface area (Å²) in [6.45, 7) is 0.541. The number of likely N-dealkylation sites (N-methyl/N-ethyl adjacent to an activating group) is 1. The second-order valence-electron chi connectivity index (χ2n) is 4.72. The van der Waals surface area contributed by atoms with E-state index in [4.69, 9.17) is 0 Å². The first-order valence-corrected chi connectivity index (χ1v) is 8.90. The number of carbonyl (C=O) groups is 2. The van der Waals surface area contributed by atoms with Gasteiger partial charge in [-0.05, 0) is 29.3 Å². The smallest absolute Gasteiger partial charge is 0.261 e. The molecule has 1 N–H and O–H groups in total. The quantitative estimate of drug-likeness (QED) is 0.827. The lowest BCUT2D eigenvalue weighted by molar-refractivity contribution is -0.129. The third-order valence-electron chi connectivity index (χ3n) is 3.17. The number of carbonyl (C=O) groups excluding carboxylic acids is 2. The molecule has 0 unspecified atom stereocenters. The minimum atomic E-state index is -0.207. The molecule has 4 nitrogen and oxygen atoms in total. The predicted molar refractivity (Wildman–Crippen MR) is 91.3 cm³/mol. The SMILES string of the molecule is CSc1ccccc1CN(C)C(=O)CNC(=O)c1cccs1. The van der Waals surface area contributed by atoms with Gasteiger partial charge in [0.05, 0.1) is 11.4 Å². The van der Waals surface area contributed by atoms with E-state index < -0.39 is 0 Å². The average molecular weight is 334 g/mol. The Morgan fingerprint density at radius 2 is 2.00 bits per heavy atom. The normalized spacial score (nSPS) is 10.3. The van der Waals surface area contributed by atoms with E-state index in [2.05, 4.69) is 5.32 Å². The van der Waals surface area contributed by atoms with Crippen LogP contribution in [-0.4, -0.2) is 36.6 Å². The maximum Gasteiger partial charge on any atom is 0.261 e. The van der Waals surface area contributed by atoms with Crippen molar-refractivity contribution in [1.82, 2.24) is 10.2 Å². The van der Waals surface area contributed by atoms with Gasteiger partial charge < -0.3 is 10.2 Å². The number of thiophene rings is 1. The number of hydrogen-bond acceptors (Lipinski definition) is 4. The van der Waals surface area contributed by atoms with Crippen LogP contribution in [0.5, 0.6) is 0 Å². The molecular formula is C16H18N2O2S2. The fourth-order valence-electron chi connectivity index (χ4n) is 1.96. The highest BCUT2D eigenvalue weighted by Crippen LogP contribution is 2.20. The molecule has 0 aliphatic carbocycles. The van der Waals surface area contributed by atoms with Crippen molar-refractivity contribution in [2.75, 3.05) is 19.8 Å². The predicted octanol–water partition coefficient (Wildman–Crippen LogP) is 2.86. The van der Waals surface area contributed by atoms with Crippen LogP contribution in [0.2, 0.25) is 0 Å². The zero-order valence-electron chi connectivity index (χ0n) is 12.5. The van der Waals surface area contributed by atoms with Crippen molar-refractivity contribution in [3.63, 3.8) is 0 Å². The molecule has 6 heteroatoms. The topological polar surface area (TPSA) is 49.4 Å². The van der Waals surface area contributed by atoms with Gasteiger partial charge in [-0.1, -0.05) is 24.3 Å². The number of rotatable bonds is 6. The number of thioether (sulfide) groups is 1. The van der Waals surface area contributed by atoms with E-state index in [1.54, 1.807) is 29.8 Å². The molecule has 0 aliphatic heterocycles. The molecule has 2 amide bonds. The van der Waals surface area contributed by atoms with Gasteiger partial charge in [-0.25, -0.2) is 0 Å².